The number of esters is 1. The molecule has 1 heterocycles. The van der Waals surface area contributed by atoms with Gasteiger partial charge in [-0.05, 0) is 24.6 Å². The van der Waals surface area contributed by atoms with E-state index in [1.54, 1.807) is 4.90 Å². The molecule has 1 aliphatic rings. The van der Waals surface area contributed by atoms with Gasteiger partial charge in [0, 0.05) is 19.5 Å². The lowest BCUT2D eigenvalue weighted by molar-refractivity contribution is -0.128. The van der Waals surface area contributed by atoms with Gasteiger partial charge in [-0.3, -0.25) is 9.59 Å². The standard InChI is InChI=1S/C18H23ClN2O4/c1-3-4-5-8-21-11-13(10-16(21)22)17(23)20-15-9-12(18(24)25-2)6-7-14(15)19/h6-7,9,13H,3-5,8,10-11H2,1-2H3,(H,20,23). The number of hydrogen-bond donors (Lipinski definition) is 1. The largest absolute Gasteiger partial charge is 0.465 e. The molecule has 0 saturated carbocycles. The fourth-order valence-electron chi connectivity index (χ4n) is 2.82. The second kappa shape index (κ2) is 8.85. The van der Waals surface area contributed by atoms with Crippen LogP contribution in [0, 0.1) is 5.92 Å². The molecule has 2 rings (SSSR count). The van der Waals surface area contributed by atoms with Crippen LogP contribution in [0.4, 0.5) is 5.69 Å². The molecule has 136 valence electrons. The van der Waals surface area contributed by atoms with Gasteiger partial charge in [-0.1, -0.05) is 31.4 Å². The van der Waals surface area contributed by atoms with Crippen molar-refractivity contribution in [1.29, 1.82) is 0 Å². The first-order chi connectivity index (χ1) is 12.0. The van der Waals surface area contributed by atoms with E-state index in [1.165, 1.54) is 25.3 Å². The maximum Gasteiger partial charge on any atom is 0.337 e. The van der Waals surface area contributed by atoms with E-state index in [4.69, 9.17) is 11.6 Å². The van der Waals surface area contributed by atoms with Crippen molar-refractivity contribution >= 4 is 35.1 Å². The normalized spacial score (nSPS) is 16.8. The van der Waals surface area contributed by atoms with Gasteiger partial charge in [0.15, 0.2) is 0 Å². The van der Waals surface area contributed by atoms with Crippen LogP contribution in [0.3, 0.4) is 0 Å². The lowest BCUT2D eigenvalue weighted by Gasteiger charge is -2.16. The van der Waals surface area contributed by atoms with E-state index in [9.17, 15) is 14.4 Å². The third-order valence-electron chi connectivity index (χ3n) is 4.26. The second-order valence-corrected chi connectivity index (χ2v) is 6.53. The van der Waals surface area contributed by atoms with E-state index in [0.717, 1.165) is 19.3 Å². The SMILES string of the molecule is CCCCCN1CC(C(=O)Nc2cc(C(=O)OC)ccc2Cl)CC1=O. The van der Waals surface area contributed by atoms with Crippen molar-refractivity contribution in [2.24, 2.45) is 5.92 Å². The van der Waals surface area contributed by atoms with Crippen molar-refractivity contribution < 1.29 is 19.1 Å². The number of ether oxygens (including phenoxy) is 1. The van der Waals surface area contributed by atoms with Crippen LogP contribution in [0.2, 0.25) is 5.02 Å². The smallest absolute Gasteiger partial charge is 0.337 e. The van der Waals surface area contributed by atoms with E-state index in [-0.39, 0.29) is 18.2 Å². The van der Waals surface area contributed by atoms with Crippen LogP contribution in [0.5, 0.6) is 0 Å². The number of anilines is 1. The van der Waals surface area contributed by atoms with Crippen molar-refractivity contribution in [3.05, 3.63) is 28.8 Å². The Morgan fingerprint density at radius 1 is 1.36 bits per heavy atom. The first-order valence-corrected chi connectivity index (χ1v) is 8.80. The highest BCUT2D eigenvalue weighted by Crippen LogP contribution is 2.26. The van der Waals surface area contributed by atoms with E-state index < -0.39 is 11.9 Å². The van der Waals surface area contributed by atoms with Crippen LogP contribution in [-0.4, -0.2) is 42.9 Å². The van der Waals surface area contributed by atoms with Gasteiger partial charge in [-0.25, -0.2) is 4.79 Å². The van der Waals surface area contributed by atoms with E-state index >= 15 is 0 Å². The molecular weight excluding hydrogens is 344 g/mol. The number of unbranched alkanes of at least 4 members (excludes halogenated alkanes) is 2. The van der Waals surface area contributed by atoms with Gasteiger partial charge in [-0.15, -0.1) is 0 Å². The Kier molecular flexibility index (Phi) is 6.82. The molecule has 1 saturated heterocycles. The molecule has 1 aromatic carbocycles. The molecular formula is C18H23ClN2O4. The summed E-state index contributed by atoms with van der Waals surface area (Å²) in [6, 6.07) is 4.53. The zero-order valence-electron chi connectivity index (χ0n) is 14.5. The summed E-state index contributed by atoms with van der Waals surface area (Å²) in [5.74, 6) is -1.18. The molecule has 7 heteroatoms. The molecule has 0 aromatic heterocycles. The van der Waals surface area contributed by atoms with Crippen LogP contribution in [0.1, 0.15) is 43.0 Å². The first-order valence-electron chi connectivity index (χ1n) is 8.42. The fraction of sp³-hybridized carbons (Fsp3) is 0.500. The third kappa shape index (κ3) is 4.95. The van der Waals surface area contributed by atoms with Crippen LogP contribution in [0.25, 0.3) is 0 Å². The molecule has 1 N–H and O–H groups in total. The maximum atomic E-state index is 12.5. The highest BCUT2D eigenvalue weighted by atomic mass is 35.5. The number of nitrogens with zero attached hydrogens (tertiary/aromatic N) is 1. The summed E-state index contributed by atoms with van der Waals surface area (Å²) in [5.41, 5.74) is 0.636. The van der Waals surface area contributed by atoms with Crippen molar-refractivity contribution in [1.82, 2.24) is 4.90 Å². The zero-order chi connectivity index (χ0) is 18.4. The molecule has 1 aliphatic heterocycles. The van der Waals surface area contributed by atoms with E-state index in [0.29, 0.717) is 29.4 Å². The Labute approximate surface area is 152 Å². The quantitative estimate of drug-likeness (QED) is 0.594. The summed E-state index contributed by atoms with van der Waals surface area (Å²) in [7, 11) is 1.28. The summed E-state index contributed by atoms with van der Waals surface area (Å²) >= 11 is 6.09. The molecule has 0 radical (unpaired) electrons. The van der Waals surface area contributed by atoms with Gasteiger partial charge in [0.05, 0.1) is 29.3 Å². The van der Waals surface area contributed by atoms with Gasteiger partial charge in [-0.2, -0.15) is 0 Å². The van der Waals surface area contributed by atoms with Gasteiger partial charge in [0.2, 0.25) is 11.8 Å². The fourth-order valence-corrected chi connectivity index (χ4v) is 2.98. The molecule has 1 unspecified atom stereocenters. The average molecular weight is 367 g/mol. The van der Waals surface area contributed by atoms with E-state index in [1.807, 2.05) is 0 Å². The average Bonchev–Trinajstić information content (AvgIpc) is 2.97. The molecule has 1 atom stereocenters. The Morgan fingerprint density at radius 2 is 2.12 bits per heavy atom. The van der Waals surface area contributed by atoms with Crippen LogP contribution < -0.4 is 5.32 Å². The minimum Gasteiger partial charge on any atom is -0.465 e. The molecule has 0 aliphatic carbocycles. The Morgan fingerprint density at radius 3 is 2.80 bits per heavy atom. The Hall–Kier alpha value is -2.08. The lowest BCUT2D eigenvalue weighted by atomic mass is 10.1. The van der Waals surface area contributed by atoms with Gasteiger partial charge in [0.25, 0.3) is 0 Å². The Bertz CT molecular complexity index is 662. The van der Waals surface area contributed by atoms with Crippen molar-refractivity contribution in [3.63, 3.8) is 0 Å². The monoisotopic (exact) mass is 366 g/mol. The number of likely N-dealkylation sites (tertiary alicyclic amines) is 1. The zero-order valence-corrected chi connectivity index (χ0v) is 15.3. The lowest BCUT2D eigenvalue weighted by Crippen LogP contribution is -2.29. The number of rotatable bonds is 7. The molecule has 6 nitrogen and oxygen atoms in total. The van der Waals surface area contributed by atoms with Crippen molar-refractivity contribution in [3.8, 4) is 0 Å². The second-order valence-electron chi connectivity index (χ2n) is 6.12. The number of nitrogens with one attached hydrogen (secondary N) is 1. The predicted molar refractivity (Wildman–Crippen MR) is 95.6 cm³/mol. The van der Waals surface area contributed by atoms with Gasteiger partial charge in [0.1, 0.15) is 0 Å². The number of hydrogen-bond acceptors (Lipinski definition) is 4. The number of amides is 2. The van der Waals surface area contributed by atoms with Gasteiger partial charge >= 0.3 is 5.97 Å². The van der Waals surface area contributed by atoms with E-state index in [2.05, 4.69) is 17.0 Å². The highest BCUT2D eigenvalue weighted by molar-refractivity contribution is 6.33. The predicted octanol–water partition coefficient (Wildman–Crippen LogP) is 3.10. The minimum atomic E-state index is -0.509. The summed E-state index contributed by atoms with van der Waals surface area (Å²) in [6.45, 7) is 3.21. The molecule has 1 fully saturated rings. The highest BCUT2D eigenvalue weighted by Gasteiger charge is 2.34. The summed E-state index contributed by atoms with van der Waals surface area (Å²) in [5, 5.41) is 3.05. The van der Waals surface area contributed by atoms with Crippen LogP contribution >= 0.6 is 11.6 Å². The maximum absolute atomic E-state index is 12.5. The number of methoxy groups -OCH3 is 1. The van der Waals surface area contributed by atoms with Crippen molar-refractivity contribution in [2.75, 3.05) is 25.5 Å². The number of carbonyl (C=O) groups excluding carboxylic acids is 3. The molecule has 25 heavy (non-hydrogen) atoms. The third-order valence-corrected chi connectivity index (χ3v) is 4.59. The molecule has 1 aromatic rings. The summed E-state index contributed by atoms with van der Waals surface area (Å²) < 4.78 is 4.66. The summed E-state index contributed by atoms with van der Waals surface area (Å²) in [4.78, 5) is 37.9. The molecule has 2 amide bonds. The minimum absolute atomic E-state index is 0.00524. The summed E-state index contributed by atoms with van der Waals surface area (Å²) in [6.07, 6.45) is 3.30. The number of halogens is 1. The number of benzene rings is 1. The van der Waals surface area contributed by atoms with Crippen LogP contribution in [0.15, 0.2) is 18.2 Å². The Balaban J connectivity index is 2.00. The first kappa shape index (κ1) is 19.2. The number of carbonyl (C=O) groups is 3. The molecule has 0 bridgehead atoms. The van der Waals surface area contributed by atoms with Gasteiger partial charge < -0.3 is 15.0 Å². The molecule has 0 spiro atoms. The van der Waals surface area contributed by atoms with Crippen LogP contribution in [-0.2, 0) is 14.3 Å². The van der Waals surface area contributed by atoms with Crippen molar-refractivity contribution in [2.45, 2.75) is 32.6 Å². The topological polar surface area (TPSA) is 75.7 Å².